The van der Waals surface area contributed by atoms with Gasteiger partial charge in [-0.15, -0.1) is 0 Å². The smallest absolute Gasteiger partial charge is 0.370 e. The van der Waals surface area contributed by atoms with Gasteiger partial charge in [-0.25, -0.2) is 4.79 Å². The first-order valence-electron chi connectivity index (χ1n) is 4.59. The minimum Gasteiger partial charge on any atom is -0.463 e. The van der Waals surface area contributed by atoms with Gasteiger partial charge in [-0.2, -0.15) is 0 Å². The summed E-state index contributed by atoms with van der Waals surface area (Å²) in [5.74, 6) is -0.830. The van der Waals surface area contributed by atoms with Gasteiger partial charge < -0.3 is 14.9 Å². The Labute approximate surface area is 91.7 Å². The molecule has 0 N–H and O–H groups in total. The number of esters is 1. The standard InChI is InChI=1S/C10H10N2O4/c1-2-16-9(13)6-5-8-4-3-7-11-10(8)12(14)15/h3-7H,2H2,1H3. The van der Waals surface area contributed by atoms with E-state index in [-0.39, 0.29) is 18.0 Å². The highest BCUT2D eigenvalue weighted by molar-refractivity contribution is 5.87. The maximum Gasteiger partial charge on any atom is 0.370 e. The van der Waals surface area contributed by atoms with E-state index >= 15 is 0 Å². The van der Waals surface area contributed by atoms with Gasteiger partial charge in [0.05, 0.1) is 12.2 Å². The van der Waals surface area contributed by atoms with E-state index < -0.39 is 10.9 Å². The first-order valence-corrected chi connectivity index (χ1v) is 4.59. The number of aromatic nitrogens is 1. The molecular weight excluding hydrogens is 212 g/mol. The predicted octanol–water partition coefficient (Wildman–Crippen LogP) is 1.57. The summed E-state index contributed by atoms with van der Waals surface area (Å²) in [7, 11) is 0. The highest BCUT2D eigenvalue weighted by Crippen LogP contribution is 2.15. The fourth-order valence-electron chi connectivity index (χ4n) is 1.04. The lowest BCUT2D eigenvalue weighted by Crippen LogP contribution is -1.99. The van der Waals surface area contributed by atoms with E-state index in [2.05, 4.69) is 9.72 Å². The third-order valence-electron chi connectivity index (χ3n) is 1.68. The van der Waals surface area contributed by atoms with Crippen LogP contribution in [0.4, 0.5) is 5.82 Å². The molecule has 0 fully saturated rings. The molecule has 0 saturated carbocycles. The van der Waals surface area contributed by atoms with Crippen LogP contribution in [0.3, 0.4) is 0 Å². The van der Waals surface area contributed by atoms with Crippen molar-refractivity contribution < 1.29 is 14.5 Å². The second kappa shape index (κ2) is 5.59. The van der Waals surface area contributed by atoms with Gasteiger partial charge in [0, 0.05) is 6.08 Å². The van der Waals surface area contributed by atoms with Gasteiger partial charge in [-0.05, 0) is 35.0 Å². The topological polar surface area (TPSA) is 82.3 Å². The molecular formula is C10H10N2O4. The second-order valence-corrected chi connectivity index (χ2v) is 2.76. The number of carbonyl (C=O) groups excluding carboxylic acids is 1. The maximum atomic E-state index is 11.0. The summed E-state index contributed by atoms with van der Waals surface area (Å²) >= 11 is 0. The van der Waals surface area contributed by atoms with Crippen molar-refractivity contribution >= 4 is 17.9 Å². The normalized spacial score (nSPS) is 10.3. The molecule has 0 atom stereocenters. The van der Waals surface area contributed by atoms with Crippen molar-refractivity contribution in [3.8, 4) is 0 Å². The molecule has 0 aliphatic carbocycles. The van der Waals surface area contributed by atoms with Gasteiger partial charge in [0.1, 0.15) is 6.20 Å². The van der Waals surface area contributed by atoms with Crippen LogP contribution in [0, 0.1) is 10.1 Å². The summed E-state index contributed by atoms with van der Waals surface area (Å²) in [5, 5.41) is 10.6. The zero-order valence-electron chi connectivity index (χ0n) is 8.62. The Morgan fingerprint density at radius 1 is 1.69 bits per heavy atom. The number of hydrogen-bond donors (Lipinski definition) is 0. The third-order valence-corrected chi connectivity index (χ3v) is 1.68. The van der Waals surface area contributed by atoms with Gasteiger partial charge >= 0.3 is 11.8 Å². The molecule has 0 saturated heterocycles. The Hall–Kier alpha value is -2.24. The lowest BCUT2D eigenvalue weighted by atomic mass is 10.2. The van der Waals surface area contributed by atoms with E-state index in [9.17, 15) is 14.9 Å². The SMILES string of the molecule is CCOC(=O)C=Cc1cccnc1[N+](=O)[O-]. The number of hydrogen-bond acceptors (Lipinski definition) is 5. The Balaban J connectivity index is 2.88. The molecule has 0 unspecified atom stereocenters. The molecule has 1 aromatic rings. The van der Waals surface area contributed by atoms with E-state index in [1.165, 1.54) is 18.3 Å². The van der Waals surface area contributed by atoms with Crippen molar-refractivity contribution in [2.45, 2.75) is 6.92 Å². The average Bonchev–Trinajstić information content (AvgIpc) is 2.27. The van der Waals surface area contributed by atoms with Gasteiger partial charge in [0.2, 0.25) is 0 Å². The molecule has 0 aromatic carbocycles. The fourth-order valence-corrected chi connectivity index (χ4v) is 1.04. The lowest BCUT2D eigenvalue weighted by molar-refractivity contribution is -0.389. The van der Waals surface area contributed by atoms with Crippen molar-refractivity contribution in [2.75, 3.05) is 6.61 Å². The Morgan fingerprint density at radius 3 is 3.06 bits per heavy atom. The molecule has 0 bridgehead atoms. The molecule has 0 aliphatic rings. The summed E-state index contributed by atoms with van der Waals surface area (Å²) in [4.78, 5) is 24.6. The van der Waals surface area contributed by atoms with Crippen LogP contribution in [-0.2, 0) is 9.53 Å². The predicted molar refractivity (Wildman–Crippen MR) is 56.6 cm³/mol. The molecule has 1 heterocycles. The molecule has 16 heavy (non-hydrogen) atoms. The van der Waals surface area contributed by atoms with Crippen LogP contribution in [0.25, 0.3) is 6.08 Å². The minimum absolute atomic E-state index is 0.262. The molecule has 6 heteroatoms. The zero-order valence-corrected chi connectivity index (χ0v) is 8.62. The zero-order chi connectivity index (χ0) is 12.0. The molecule has 0 radical (unpaired) electrons. The monoisotopic (exact) mass is 222 g/mol. The quantitative estimate of drug-likeness (QED) is 0.334. The van der Waals surface area contributed by atoms with E-state index in [0.29, 0.717) is 0 Å². The van der Waals surface area contributed by atoms with Crippen molar-refractivity contribution in [3.63, 3.8) is 0 Å². The highest BCUT2D eigenvalue weighted by Gasteiger charge is 2.11. The van der Waals surface area contributed by atoms with E-state index in [4.69, 9.17) is 0 Å². The third kappa shape index (κ3) is 3.16. The first-order chi connectivity index (χ1) is 7.65. The van der Waals surface area contributed by atoms with Gasteiger partial charge in [-0.3, -0.25) is 0 Å². The number of nitro groups is 1. The van der Waals surface area contributed by atoms with Crippen LogP contribution in [0.5, 0.6) is 0 Å². The molecule has 0 spiro atoms. The molecule has 1 aromatic heterocycles. The lowest BCUT2D eigenvalue weighted by Gasteiger charge is -1.96. The number of nitrogens with zero attached hydrogens (tertiary/aromatic N) is 2. The summed E-state index contributed by atoms with van der Waals surface area (Å²) in [6.07, 6.45) is 3.76. The number of carbonyl (C=O) groups is 1. The molecule has 6 nitrogen and oxygen atoms in total. The number of ether oxygens (including phenoxy) is 1. The average molecular weight is 222 g/mol. The van der Waals surface area contributed by atoms with Crippen LogP contribution in [0.1, 0.15) is 12.5 Å². The maximum absolute atomic E-state index is 11.0. The van der Waals surface area contributed by atoms with Crippen molar-refractivity contribution in [2.24, 2.45) is 0 Å². The van der Waals surface area contributed by atoms with E-state index in [1.807, 2.05) is 0 Å². The van der Waals surface area contributed by atoms with Crippen molar-refractivity contribution in [1.82, 2.24) is 4.98 Å². The highest BCUT2D eigenvalue weighted by atomic mass is 16.6. The van der Waals surface area contributed by atoms with Crippen LogP contribution in [0.15, 0.2) is 24.4 Å². The van der Waals surface area contributed by atoms with E-state index in [0.717, 1.165) is 6.08 Å². The molecule has 1 rings (SSSR count). The summed E-state index contributed by atoms with van der Waals surface area (Å²) < 4.78 is 4.65. The van der Waals surface area contributed by atoms with Crippen molar-refractivity contribution in [1.29, 1.82) is 0 Å². The van der Waals surface area contributed by atoms with Crippen molar-refractivity contribution in [3.05, 3.63) is 40.1 Å². The molecule has 0 aliphatic heterocycles. The Morgan fingerprint density at radius 2 is 2.44 bits per heavy atom. The van der Waals surface area contributed by atoms with Gasteiger partial charge in [0.15, 0.2) is 0 Å². The Kier molecular flexibility index (Phi) is 4.14. The first kappa shape index (κ1) is 11.8. The largest absolute Gasteiger partial charge is 0.463 e. The van der Waals surface area contributed by atoms with Gasteiger partial charge in [-0.1, -0.05) is 0 Å². The summed E-state index contributed by atoms with van der Waals surface area (Å²) in [6, 6.07) is 3.05. The second-order valence-electron chi connectivity index (χ2n) is 2.76. The van der Waals surface area contributed by atoms with Crippen LogP contribution >= 0.6 is 0 Å². The Bertz CT molecular complexity index is 429. The van der Waals surface area contributed by atoms with Crippen LogP contribution in [0.2, 0.25) is 0 Å². The van der Waals surface area contributed by atoms with Crippen LogP contribution in [-0.4, -0.2) is 22.5 Å². The number of pyridine rings is 1. The summed E-state index contributed by atoms with van der Waals surface area (Å²) in [6.45, 7) is 1.94. The van der Waals surface area contributed by atoms with E-state index in [1.54, 1.807) is 13.0 Å². The molecule has 84 valence electrons. The summed E-state index contributed by atoms with van der Waals surface area (Å²) in [5.41, 5.74) is 0.264. The number of rotatable bonds is 4. The minimum atomic E-state index is -0.606. The fraction of sp³-hybridized carbons (Fsp3) is 0.200. The van der Waals surface area contributed by atoms with Gasteiger partial charge in [0.25, 0.3) is 0 Å². The van der Waals surface area contributed by atoms with Crippen LogP contribution < -0.4 is 0 Å². The molecule has 0 amide bonds.